The van der Waals surface area contributed by atoms with E-state index in [4.69, 9.17) is 0 Å². The highest BCUT2D eigenvalue weighted by Gasteiger charge is 2.61. The third kappa shape index (κ3) is 1.61. The molecule has 100 valence electrons. The maximum absolute atomic E-state index is 9.20. The van der Waals surface area contributed by atoms with Crippen LogP contribution in [0, 0.1) is 28.1 Å². The van der Waals surface area contributed by atoms with Gasteiger partial charge in [-0.15, -0.1) is 0 Å². The Hall–Kier alpha value is -1.49. The topological polar surface area (TPSA) is 35.8 Å². The molecule has 2 fully saturated rings. The van der Waals surface area contributed by atoms with Gasteiger partial charge in [0, 0.05) is 6.04 Å². The first-order valence-corrected chi connectivity index (χ1v) is 7.25. The fraction of sp³-hybridized carbons (Fsp3) is 0.588. The molecule has 2 saturated carbocycles. The van der Waals surface area contributed by atoms with Gasteiger partial charge in [-0.1, -0.05) is 32.9 Å². The smallest absolute Gasteiger partial charge is 0.101 e. The number of hydrogen-bond acceptors (Lipinski definition) is 2. The van der Waals surface area contributed by atoms with Crippen LogP contribution >= 0.6 is 0 Å². The Morgan fingerprint density at radius 2 is 2.00 bits per heavy atom. The number of anilines is 1. The molecular formula is C17H22N2. The van der Waals surface area contributed by atoms with Crippen molar-refractivity contribution in [2.24, 2.45) is 16.7 Å². The van der Waals surface area contributed by atoms with Crippen molar-refractivity contribution in [3.05, 3.63) is 29.8 Å². The zero-order chi connectivity index (χ0) is 13.7. The second kappa shape index (κ2) is 4.00. The normalized spacial score (nSPS) is 35.1. The summed E-state index contributed by atoms with van der Waals surface area (Å²) in [7, 11) is 0. The highest BCUT2D eigenvalue weighted by molar-refractivity contribution is 5.58. The Balaban J connectivity index is 1.89. The number of benzene rings is 1. The Labute approximate surface area is 115 Å². The van der Waals surface area contributed by atoms with Crippen molar-refractivity contribution >= 4 is 5.69 Å². The number of rotatable bonds is 2. The molecule has 2 aliphatic rings. The number of nitrogens with zero attached hydrogens (tertiary/aromatic N) is 1. The summed E-state index contributed by atoms with van der Waals surface area (Å²) in [6.07, 6.45) is 3.90. The minimum atomic E-state index is 0.347. The van der Waals surface area contributed by atoms with Gasteiger partial charge in [0.25, 0.3) is 0 Å². The number of hydrogen-bond donors (Lipinski definition) is 1. The quantitative estimate of drug-likeness (QED) is 0.859. The first kappa shape index (κ1) is 12.5. The van der Waals surface area contributed by atoms with E-state index in [0.717, 1.165) is 17.2 Å². The van der Waals surface area contributed by atoms with Gasteiger partial charge in [-0.05, 0) is 48.1 Å². The lowest BCUT2D eigenvalue weighted by atomic mass is 9.69. The van der Waals surface area contributed by atoms with Crippen molar-refractivity contribution < 1.29 is 0 Å². The van der Waals surface area contributed by atoms with Crippen LogP contribution in [0.2, 0.25) is 0 Å². The fourth-order valence-electron chi connectivity index (χ4n) is 4.32. The predicted molar refractivity (Wildman–Crippen MR) is 77.8 cm³/mol. The molecule has 0 amide bonds. The number of nitrogens with one attached hydrogen (secondary N) is 1. The van der Waals surface area contributed by atoms with Gasteiger partial charge in [-0.3, -0.25) is 0 Å². The summed E-state index contributed by atoms with van der Waals surface area (Å²) in [5.74, 6) is 0.823. The molecule has 2 nitrogen and oxygen atoms in total. The molecule has 3 rings (SSSR count). The van der Waals surface area contributed by atoms with E-state index >= 15 is 0 Å². The molecule has 1 aromatic carbocycles. The third-order valence-corrected chi connectivity index (χ3v) is 6.17. The summed E-state index contributed by atoms with van der Waals surface area (Å²) in [5, 5.41) is 12.9. The molecule has 0 heterocycles. The minimum absolute atomic E-state index is 0.347. The molecule has 0 aliphatic heterocycles. The van der Waals surface area contributed by atoms with Crippen molar-refractivity contribution in [1.82, 2.24) is 0 Å². The van der Waals surface area contributed by atoms with Crippen LogP contribution in [-0.2, 0) is 0 Å². The summed E-state index contributed by atoms with van der Waals surface area (Å²) >= 11 is 0. The van der Waals surface area contributed by atoms with E-state index in [1.54, 1.807) is 0 Å². The van der Waals surface area contributed by atoms with E-state index in [-0.39, 0.29) is 0 Å². The molecule has 0 aromatic heterocycles. The van der Waals surface area contributed by atoms with Gasteiger partial charge in [0.2, 0.25) is 0 Å². The summed E-state index contributed by atoms with van der Waals surface area (Å²) in [5.41, 5.74) is 2.51. The minimum Gasteiger partial charge on any atom is -0.381 e. The summed E-state index contributed by atoms with van der Waals surface area (Å²) in [6.45, 7) is 7.26. The summed E-state index contributed by atoms with van der Waals surface area (Å²) < 4.78 is 0. The first-order chi connectivity index (χ1) is 8.99. The van der Waals surface area contributed by atoms with Crippen LogP contribution < -0.4 is 5.32 Å². The molecular weight excluding hydrogens is 232 g/mol. The molecule has 2 aliphatic carbocycles. The highest BCUT2D eigenvalue weighted by atomic mass is 15.0. The van der Waals surface area contributed by atoms with E-state index in [0.29, 0.717) is 16.9 Å². The second-order valence-corrected chi connectivity index (χ2v) is 6.96. The van der Waals surface area contributed by atoms with Crippen molar-refractivity contribution in [3.8, 4) is 6.07 Å². The summed E-state index contributed by atoms with van der Waals surface area (Å²) in [4.78, 5) is 0. The third-order valence-electron chi connectivity index (χ3n) is 6.17. The van der Waals surface area contributed by atoms with Crippen LogP contribution in [0.4, 0.5) is 5.69 Å². The molecule has 3 atom stereocenters. The van der Waals surface area contributed by atoms with E-state index in [1.165, 1.54) is 19.3 Å². The zero-order valence-electron chi connectivity index (χ0n) is 12.0. The maximum Gasteiger partial charge on any atom is 0.101 e. The van der Waals surface area contributed by atoms with Gasteiger partial charge in [-0.25, -0.2) is 0 Å². The highest BCUT2D eigenvalue weighted by Crippen LogP contribution is 2.65. The van der Waals surface area contributed by atoms with Gasteiger partial charge in [0.05, 0.1) is 11.3 Å². The Morgan fingerprint density at radius 3 is 2.58 bits per heavy atom. The van der Waals surface area contributed by atoms with Crippen molar-refractivity contribution in [2.45, 2.75) is 46.1 Å². The van der Waals surface area contributed by atoms with Crippen molar-refractivity contribution in [2.75, 3.05) is 5.32 Å². The van der Waals surface area contributed by atoms with Crippen LogP contribution in [0.1, 0.15) is 45.6 Å². The molecule has 3 unspecified atom stereocenters. The predicted octanol–water partition coefficient (Wildman–Crippen LogP) is 4.18. The van der Waals surface area contributed by atoms with Crippen LogP contribution in [0.25, 0.3) is 0 Å². The molecule has 1 N–H and O–H groups in total. The lowest BCUT2D eigenvalue weighted by molar-refractivity contribution is 0.142. The maximum atomic E-state index is 9.20. The number of nitriles is 1. The molecule has 2 heteroatoms. The molecule has 19 heavy (non-hydrogen) atoms. The van der Waals surface area contributed by atoms with E-state index in [2.05, 4.69) is 32.2 Å². The standard InChI is InChI=1S/C17H22N2/c1-16(2)13-8-9-17(16,3)15(10-13)19-14-7-5-4-6-12(14)11-18/h4-7,13,15,19H,8-10H2,1-3H3. The average molecular weight is 254 g/mol. The van der Waals surface area contributed by atoms with Crippen LogP contribution in [0.15, 0.2) is 24.3 Å². The molecule has 0 spiro atoms. The monoisotopic (exact) mass is 254 g/mol. The average Bonchev–Trinajstić information content (AvgIpc) is 2.72. The Bertz CT molecular complexity index is 540. The van der Waals surface area contributed by atoms with Crippen molar-refractivity contribution in [1.29, 1.82) is 5.26 Å². The second-order valence-electron chi connectivity index (χ2n) is 6.96. The van der Waals surface area contributed by atoms with Crippen LogP contribution in [0.3, 0.4) is 0 Å². The largest absolute Gasteiger partial charge is 0.381 e. The van der Waals surface area contributed by atoms with Gasteiger partial charge in [-0.2, -0.15) is 5.26 Å². The Morgan fingerprint density at radius 1 is 1.26 bits per heavy atom. The molecule has 1 aromatic rings. The van der Waals surface area contributed by atoms with E-state index in [9.17, 15) is 5.26 Å². The fourth-order valence-corrected chi connectivity index (χ4v) is 4.32. The van der Waals surface area contributed by atoms with E-state index < -0.39 is 0 Å². The Kier molecular flexibility index (Phi) is 2.64. The number of para-hydroxylation sites is 1. The molecule has 0 radical (unpaired) electrons. The van der Waals surface area contributed by atoms with Gasteiger partial charge in [0.1, 0.15) is 6.07 Å². The zero-order valence-corrected chi connectivity index (χ0v) is 12.0. The van der Waals surface area contributed by atoms with E-state index in [1.807, 2.05) is 24.3 Å². The lowest BCUT2D eigenvalue weighted by Gasteiger charge is -2.40. The molecule has 2 bridgehead atoms. The SMILES string of the molecule is CC1(C)C2CCC1(C)C(Nc1ccccc1C#N)C2. The van der Waals surface area contributed by atoms with Crippen LogP contribution in [-0.4, -0.2) is 6.04 Å². The van der Waals surface area contributed by atoms with Gasteiger partial charge < -0.3 is 5.32 Å². The molecule has 0 saturated heterocycles. The summed E-state index contributed by atoms with van der Waals surface area (Å²) in [6, 6.07) is 10.6. The van der Waals surface area contributed by atoms with Crippen LogP contribution in [0.5, 0.6) is 0 Å². The van der Waals surface area contributed by atoms with Gasteiger partial charge >= 0.3 is 0 Å². The lowest BCUT2D eigenvalue weighted by Crippen LogP contribution is -2.40. The number of fused-ring (bicyclic) bond motifs is 2. The van der Waals surface area contributed by atoms with Gasteiger partial charge in [0.15, 0.2) is 0 Å². The van der Waals surface area contributed by atoms with Crippen molar-refractivity contribution in [3.63, 3.8) is 0 Å². The first-order valence-electron chi connectivity index (χ1n) is 7.25.